The summed E-state index contributed by atoms with van der Waals surface area (Å²) in [6, 6.07) is 4.91. The summed E-state index contributed by atoms with van der Waals surface area (Å²) in [5.74, 6) is 0.845. The van der Waals surface area contributed by atoms with Gasteiger partial charge in [-0.3, -0.25) is 0 Å². The van der Waals surface area contributed by atoms with Gasteiger partial charge in [0.2, 0.25) is 0 Å². The number of nitrogens with one attached hydrogen (secondary N) is 1. The van der Waals surface area contributed by atoms with E-state index in [0.717, 1.165) is 38.5 Å². The van der Waals surface area contributed by atoms with Gasteiger partial charge in [-0.1, -0.05) is 6.07 Å². The molecule has 3 saturated heterocycles. The van der Waals surface area contributed by atoms with Crippen molar-refractivity contribution in [2.75, 3.05) is 25.0 Å². The van der Waals surface area contributed by atoms with Crippen molar-refractivity contribution >= 4 is 5.82 Å². The third kappa shape index (κ3) is 4.53. The maximum Gasteiger partial charge on any atom is 0.420 e. The third-order valence-electron chi connectivity index (χ3n) is 8.47. The lowest BCUT2D eigenvalue weighted by atomic mass is 9.89. The molecule has 6 rings (SSSR count). The highest BCUT2D eigenvalue weighted by Gasteiger charge is 2.46. The van der Waals surface area contributed by atoms with Crippen LogP contribution < -0.4 is 5.32 Å². The van der Waals surface area contributed by atoms with E-state index in [1.165, 1.54) is 37.5 Å². The lowest BCUT2D eigenvalue weighted by Crippen LogP contribution is -2.34. The molecule has 4 heterocycles. The Kier molecular flexibility index (Phi) is 5.75. The quantitative estimate of drug-likeness (QED) is 0.577. The largest absolute Gasteiger partial charge is 0.420 e. The van der Waals surface area contributed by atoms with Gasteiger partial charge >= 0.3 is 6.18 Å². The SMILES string of the molecule is Cc1ccc(F)cc1-c1cc(C(F)(F)F)c(N[C@H]2C[C@@H]3CN(C[C@H]4CC5CCC4O5)C[C@@H]3C2)nn1. The fourth-order valence-corrected chi connectivity index (χ4v) is 6.84. The van der Waals surface area contributed by atoms with Crippen LogP contribution in [-0.4, -0.2) is 53.0 Å². The Morgan fingerprint density at radius 3 is 2.49 bits per heavy atom. The van der Waals surface area contributed by atoms with Crippen LogP contribution >= 0.6 is 0 Å². The van der Waals surface area contributed by atoms with Crippen LogP contribution in [0.3, 0.4) is 0 Å². The Balaban J connectivity index is 1.13. The summed E-state index contributed by atoms with van der Waals surface area (Å²) in [4.78, 5) is 2.54. The van der Waals surface area contributed by atoms with E-state index in [9.17, 15) is 17.6 Å². The van der Waals surface area contributed by atoms with Crippen molar-refractivity contribution in [2.24, 2.45) is 17.8 Å². The van der Waals surface area contributed by atoms with E-state index >= 15 is 0 Å². The Morgan fingerprint density at radius 2 is 1.83 bits per heavy atom. The maximum atomic E-state index is 13.9. The van der Waals surface area contributed by atoms with E-state index in [0.29, 0.717) is 41.1 Å². The number of fused-ring (bicyclic) bond motifs is 3. The average molecular weight is 491 g/mol. The topological polar surface area (TPSA) is 50.3 Å². The standard InChI is InChI=1S/C26H30F4N4O/c1-14-2-3-18(27)9-21(14)23-10-22(26(28,29)30)25(33-32-23)31-19-6-15-11-34(12-16(15)7-19)13-17-8-20-4-5-24(17)35-20/h2-3,9-10,15-17,19-20,24H,4-8,11-13H2,1H3,(H,31,33)/t15-,16+,17-,19+,20?,24?/m1/s1. The molecule has 3 aliphatic heterocycles. The molecule has 2 bridgehead atoms. The summed E-state index contributed by atoms with van der Waals surface area (Å²) in [7, 11) is 0. The molecule has 1 aliphatic carbocycles. The lowest BCUT2D eigenvalue weighted by Gasteiger charge is -2.26. The average Bonchev–Trinajstić information content (AvgIpc) is 3.57. The smallest absolute Gasteiger partial charge is 0.375 e. The summed E-state index contributed by atoms with van der Waals surface area (Å²) in [6.45, 7) is 4.80. The van der Waals surface area contributed by atoms with Gasteiger partial charge in [0.05, 0.1) is 17.9 Å². The molecule has 4 aliphatic rings. The second-order valence-electron chi connectivity index (χ2n) is 10.9. The summed E-state index contributed by atoms with van der Waals surface area (Å²) in [5.41, 5.74) is 0.107. The number of alkyl halides is 3. The monoisotopic (exact) mass is 490 g/mol. The normalized spacial score (nSPS) is 32.4. The zero-order valence-corrected chi connectivity index (χ0v) is 19.7. The van der Waals surface area contributed by atoms with Crippen molar-refractivity contribution in [3.8, 4) is 11.3 Å². The molecule has 6 atom stereocenters. The molecule has 0 amide bonds. The fourth-order valence-electron chi connectivity index (χ4n) is 6.84. The summed E-state index contributed by atoms with van der Waals surface area (Å²) in [5, 5.41) is 11.0. The number of ether oxygens (including phenoxy) is 1. The van der Waals surface area contributed by atoms with Crippen molar-refractivity contribution in [1.82, 2.24) is 15.1 Å². The van der Waals surface area contributed by atoms with E-state index in [-0.39, 0.29) is 17.6 Å². The summed E-state index contributed by atoms with van der Waals surface area (Å²) in [6.07, 6.45) is 1.51. The van der Waals surface area contributed by atoms with Gasteiger partial charge in [-0.05, 0) is 74.6 Å². The lowest BCUT2D eigenvalue weighted by molar-refractivity contribution is -0.137. The number of halogens is 4. The van der Waals surface area contributed by atoms with Gasteiger partial charge < -0.3 is 15.0 Å². The number of benzene rings is 1. The van der Waals surface area contributed by atoms with Crippen LogP contribution in [0.5, 0.6) is 0 Å². The molecule has 2 aromatic rings. The van der Waals surface area contributed by atoms with Gasteiger partial charge in [-0.15, -0.1) is 10.2 Å². The Labute approximate surface area is 202 Å². The predicted octanol–water partition coefficient (Wildman–Crippen LogP) is 5.30. The number of likely N-dealkylation sites (tertiary alicyclic amines) is 1. The third-order valence-corrected chi connectivity index (χ3v) is 8.47. The molecular weight excluding hydrogens is 460 g/mol. The molecule has 2 unspecified atom stereocenters. The van der Waals surface area contributed by atoms with Crippen LogP contribution in [0.4, 0.5) is 23.4 Å². The van der Waals surface area contributed by atoms with E-state index in [1.54, 1.807) is 6.92 Å². The zero-order chi connectivity index (χ0) is 24.3. The van der Waals surface area contributed by atoms with Gasteiger partial charge in [0.25, 0.3) is 0 Å². The zero-order valence-electron chi connectivity index (χ0n) is 19.7. The summed E-state index contributed by atoms with van der Waals surface area (Å²) >= 11 is 0. The second kappa shape index (κ2) is 8.69. The first-order chi connectivity index (χ1) is 16.7. The molecule has 5 nitrogen and oxygen atoms in total. The molecule has 1 aromatic heterocycles. The number of hydrogen-bond acceptors (Lipinski definition) is 5. The molecular formula is C26H30F4N4O. The molecule has 35 heavy (non-hydrogen) atoms. The molecule has 188 valence electrons. The first-order valence-electron chi connectivity index (χ1n) is 12.6. The van der Waals surface area contributed by atoms with Crippen LogP contribution in [0.25, 0.3) is 11.3 Å². The van der Waals surface area contributed by atoms with Crippen LogP contribution in [0.15, 0.2) is 24.3 Å². The number of anilines is 1. The van der Waals surface area contributed by atoms with Crippen LogP contribution in [0.1, 0.15) is 43.2 Å². The van der Waals surface area contributed by atoms with Crippen LogP contribution in [0, 0.1) is 30.5 Å². The first-order valence-corrected chi connectivity index (χ1v) is 12.6. The Bertz CT molecular complexity index is 1100. The minimum atomic E-state index is -4.59. The van der Waals surface area contributed by atoms with Gasteiger partial charge in [0.1, 0.15) is 11.4 Å². The molecule has 1 saturated carbocycles. The van der Waals surface area contributed by atoms with E-state index in [2.05, 4.69) is 20.4 Å². The molecule has 4 fully saturated rings. The molecule has 1 N–H and O–H groups in total. The molecule has 0 spiro atoms. The summed E-state index contributed by atoms with van der Waals surface area (Å²) < 4.78 is 61.5. The number of aryl methyl sites for hydroxylation is 1. The maximum absolute atomic E-state index is 13.9. The predicted molar refractivity (Wildman–Crippen MR) is 123 cm³/mol. The fraction of sp³-hybridized carbons (Fsp3) is 0.615. The second-order valence-corrected chi connectivity index (χ2v) is 10.9. The van der Waals surface area contributed by atoms with Gasteiger partial charge in [0, 0.05) is 37.2 Å². The van der Waals surface area contributed by atoms with Crippen molar-refractivity contribution in [3.63, 3.8) is 0 Å². The molecule has 1 aromatic carbocycles. The van der Waals surface area contributed by atoms with E-state index in [1.807, 2.05) is 0 Å². The highest BCUT2D eigenvalue weighted by molar-refractivity contribution is 5.65. The molecule has 0 radical (unpaired) electrons. The number of rotatable bonds is 5. The van der Waals surface area contributed by atoms with Gasteiger partial charge in [-0.25, -0.2) is 4.39 Å². The van der Waals surface area contributed by atoms with Gasteiger partial charge in [0.15, 0.2) is 5.82 Å². The van der Waals surface area contributed by atoms with Crippen molar-refractivity contribution in [1.29, 1.82) is 0 Å². The highest BCUT2D eigenvalue weighted by Crippen LogP contribution is 2.44. The van der Waals surface area contributed by atoms with Crippen molar-refractivity contribution in [3.05, 3.63) is 41.2 Å². The highest BCUT2D eigenvalue weighted by atomic mass is 19.4. The number of aromatic nitrogens is 2. The van der Waals surface area contributed by atoms with Crippen molar-refractivity contribution in [2.45, 2.75) is 63.5 Å². The Hall–Kier alpha value is -2.26. The van der Waals surface area contributed by atoms with Crippen molar-refractivity contribution < 1.29 is 22.3 Å². The van der Waals surface area contributed by atoms with Crippen LogP contribution in [0.2, 0.25) is 0 Å². The van der Waals surface area contributed by atoms with E-state index < -0.39 is 17.6 Å². The number of nitrogens with zero attached hydrogens (tertiary/aromatic N) is 3. The molecule has 9 heteroatoms. The first kappa shape index (κ1) is 23.2. The minimum Gasteiger partial charge on any atom is -0.375 e. The minimum absolute atomic E-state index is 0.0170. The Morgan fingerprint density at radius 1 is 1.06 bits per heavy atom. The van der Waals surface area contributed by atoms with Crippen LogP contribution in [-0.2, 0) is 10.9 Å². The van der Waals surface area contributed by atoms with E-state index in [4.69, 9.17) is 4.74 Å². The number of hydrogen-bond donors (Lipinski definition) is 1. The van der Waals surface area contributed by atoms with Gasteiger partial charge in [-0.2, -0.15) is 13.2 Å².